The van der Waals surface area contributed by atoms with Crippen molar-refractivity contribution in [1.29, 1.82) is 0 Å². The van der Waals surface area contributed by atoms with Gasteiger partial charge in [-0.1, -0.05) is 12.8 Å². The summed E-state index contributed by atoms with van der Waals surface area (Å²) in [5, 5.41) is 1.09. The normalized spacial score (nSPS) is 21.7. The Balaban J connectivity index is 2.64. The van der Waals surface area contributed by atoms with Gasteiger partial charge in [-0.05, 0) is 12.8 Å². The van der Waals surface area contributed by atoms with Gasteiger partial charge in [-0.3, -0.25) is 9.80 Å². The molecule has 0 bridgehead atoms. The molecule has 0 radical (unpaired) electrons. The molecule has 1 fully saturated rings. The van der Waals surface area contributed by atoms with Crippen LogP contribution in [0, 0.1) is 0 Å². The number of nitrogens with zero attached hydrogens (tertiary/aromatic N) is 1. The smallest absolute Gasteiger partial charge is 0.256 e. The van der Waals surface area contributed by atoms with E-state index in [0.717, 1.165) is 30.7 Å². The average molecular weight is 157 g/mol. The van der Waals surface area contributed by atoms with Gasteiger partial charge in [0.25, 0.3) is 5.91 Å². The monoisotopic (exact) mass is 157 g/mol. The zero-order chi connectivity index (χ0) is 8.48. The highest BCUT2D eigenvalue weighted by Gasteiger charge is 2.38. The second-order valence-corrected chi connectivity index (χ2v) is 3.28. The third-order valence-corrected chi connectivity index (χ3v) is 2.24. The van der Waals surface area contributed by atoms with Crippen LogP contribution in [0.1, 0.15) is 25.7 Å². The van der Waals surface area contributed by atoms with Crippen molar-refractivity contribution in [3.63, 3.8) is 0 Å². The van der Waals surface area contributed by atoms with E-state index in [-0.39, 0.29) is 5.91 Å². The molecule has 4 heteroatoms. The van der Waals surface area contributed by atoms with Gasteiger partial charge in [0.05, 0.1) is 5.54 Å². The third kappa shape index (κ3) is 1.52. The van der Waals surface area contributed by atoms with Crippen LogP contribution in [0.2, 0.25) is 0 Å². The van der Waals surface area contributed by atoms with Crippen molar-refractivity contribution in [2.75, 3.05) is 7.05 Å². The standard InChI is InChI=1S/C7H15N3O/c1-10(9)6(11)7(8)4-2-3-5-7/h2-5,8-9H2,1H3. The van der Waals surface area contributed by atoms with Gasteiger partial charge in [0.1, 0.15) is 0 Å². The number of hydrogen-bond donors (Lipinski definition) is 2. The summed E-state index contributed by atoms with van der Waals surface area (Å²) in [6.45, 7) is 0. The van der Waals surface area contributed by atoms with Crippen LogP contribution < -0.4 is 11.6 Å². The van der Waals surface area contributed by atoms with E-state index in [1.54, 1.807) is 0 Å². The summed E-state index contributed by atoms with van der Waals surface area (Å²) in [6, 6.07) is 0. The quantitative estimate of drug-likeness (QED) is 0.309. The molecule has 0 aliphatic heterocycles. The molecule has 1 rings (SSSR count). The van der Waals surface area contributed by atoms with Gasteiger partial charge in [0.2, 0.25) is 0 Å². The van der Waals surface area contributed by atoms with Crippen LogP contribution >= 0.6 is 0 Å². The number of carbonyl (C=O) groups is 1. The number of carbonyl (C=O) groups excluding carboxylic acids is 1. The van der Waals surface area contributed by atoms with Gasteiger partial charge in [-0.2, -0.15) is 0 Å². The Bertz CT molecular complexity index is 161. The minimum atomic E-state index is -0.663. The van der Waals surface area contributed by atoms with E-state index in [4.69, 9.17) is 11.6 Å². The van der Waals surface area contributed by atoms with Gasteiger partial charge in [-0.25, -0.2) is 5.84 Å². The first-order valence-electron chi connectivity index (χ1n) is 3.88. The van der Waals surface area contributed by atoms with Gasteiger partial charge < -0.3 is 5.73 Å². The summed E-state index contributed by atoms with van der Waals surface area (Å²) in [5.74, 6) is 5.16. The summed E-state index contributed by atoms with van der Waals surface area (Å²) in [7, 11) is 1.54. The largest absolute Gasteiger partial charge is 0.317 e. The van der Waals surface area contributed by atoms with E-state index in [1.165, 1.54) is 7.05 Å². The highest BCUT2D eigenvalue weighted by molar-refractivity contribution is 5.85. The molecule has 0 spiro atoms. The Labute approximate surface area is 66.5 Å². The first kappa shape index (κ1) is 8.49. The van der Waals surface area contributed by atoms with Gasteiger partial charge in [0.15, 0.2) is 0 Å². The maximum absolute atomic E-state index is 11.3. The molecule has 0 heterocycles. The highest BCUT2D eigenvalue weighted by Crippen LogP contribution is 2.27. The van der Waals surface area contributed by atoms with E-state index in [1.807, 2.05) is 0 Å². The Morgan fingerprint density at radius 1 is 1.45 bits per heavy atom. The Morgan fingerprint density at radius 2 is 1.91 bits per heavy atom. The molecule has 0 saturated heterocycles. The van der Waals surface area contributed by atoms with E-state index in [2.05, 4.69) is 0 Å². The average Bonchev–Trinajstić information content (AvgIpc) is 2.35. The maximum atomic E-state index is 11.3. The molecule has 1 saturated carbocycles. The maximum Gasteiger partial charge on any atom is 0.256 e. The second kappa shape index (κ2) is 2.79. The van der Waals surface area contributed by atoms with E-state index >= 15 is 0 Å². The minimum Gasteiger partial charge on any atom is -0.317 e. The summed E-state index contributed by atoms with van der Waals surface area (Å²) >= 11 is 0. The number of hydrazine groups is 1. The molecule has 0 aromatic rings. The Hall–Kier alpha value is -0.610. The van der Waals surface area contributed by atoms with Crippen molar-refractivity contribution < 1.29 is 4.79 Å². The first-order valence-corrected chi connectivity index (χ1v) is 3.88. The van der Waals surface area contributed by atoms with E-state index in [0.29, 0.717) is 0 Å². The van der Waals surface area contributed by atoms with Gasteiger partial charge in [-0.15, -0.1) is 0 Å². The predicted molar refractivity (Wildman–Crippen MR) is 42.3 cm³/mol. The van der Waals surface area contributed by atoms with Crippen molar-refractivity contribution in [1.82, 2.24) is 5.01 Å². The SMILES string of the molecule is CN(N)C(=O)C1(N)CCCC1. The lowest BCUT2D eigenvalue weighted by Gasteiger charge is -2.25. The fraction of sp³-hybridized carbons (Fsp3) is 0.857. The van der Waals surface area contributed by atoms with E-state index in [9.17, 15) is 4.79 Å². The molecule has 0 atom stereocenters. The third-order valence-electron chi connectivity index (χ3n) is 2.24. The summed E-state index contributed by atoms with van der Waals surface area (Å²) < 4.78 is 0. The van der Waals surface area contributed by atoms with Crippen LogP contribution in [0.25, 0.3) is 0 Å². The number of nitrogens with two attached hydrogens (primary N) is 2. The van der Waals surface area contributed by atoms with Crippen LogP contribution in [0.3, 0.4) is 0 Å². The number of likely N-dealkylation sites (N-methyl/N-ethyl adjacent to an activating group) is 1. The summed E-state index contributed by atoms with van der Waals surface area (Å²) in [5.41, 5.74) is 5.17. The van der Waals surface area contributed by atoms with Crippen LogP contribution in [0.5, 0.6) is 0 Å². The molecule has 11 heavy (non-hydrogen) atoms. The number of rotatable bonds is 1. The van der Waals surface area contributed by atoms with Crippen molar-refractivity contribution in [3.05, 3.63) is 0 Å². The van der Waals surface area contributed by atoms with Gasteiger partial charge in [0, 0.05) is 7.05 Å². The minimum absolute atomic E-state index is 0.144. The van der Waals surface area contributed by atoms with Crippen molar-refractivity contribution in [2.45, 2.75) is 31.2 Å². The number of amides is 1. The van der Waals surface area contributed by atoms with Crippen LogP contribution in [0.4, 0.5) is 0 Å². The Kier molecular flexibility index (Phi) is 2.15. The molecule has 1 amide bonds. The molecular weight excluding hydrogens is 142 g/mol. The molecule has 1 aliphatic rings. The predicted octanol–water partition coefficient (Wildman–Crippen LogP) is -0.410. The lowest BCUT2D eigenvalue weighted by atomic mass is 9.98. The second-order valence-electron chi connectivity index (χ2n) is 3.28. The molecule has 4 N–H and O–H groups in total. The molecule has 1 aliphatic carbocycles. The summed E-state index contributed by atoms with van der Waals surface area (Å²) in [4.78, 5) is 11.3. The lowest BCUT2D eigenvalue weighted by molar-refractivity contribution is -0.135. The lowest BCUT2D eigenvalue weighted by Crippen LogP contribution is -2.54. The van der Waals surface area contributed by atoms with E-state index < -0.39 is 5.54 Å². The van der Waals surface area contributed by atoms with Crippen molar-refractivity contribution >= 4 is 5.91 Å². The van der Waals surface area contributed by atoms with Crippen LogP contribution in [-0.4, -0.2) is 23.5 Å². The zero-order valence-corrected chi connectivity index (χ0v) is 6.84. The fourth-order valence-corrected chi connectivity index (χ4v) is 1.57. The molecule has 0 aromatic carbocycles. The Morgan fingerprint density at radius 3 is 2.27 bits per heavy atom. The van der Waals surface area contributed by atoms with Gasteiger partial charge >= 0.3 is 0 Å². The number of hydrogen-bond acceptors (Lipinski definition) is 3. The van der Waals surface area contributed by atoms with Crippen LogP contribution in [-0.2, 0) is 4.79 Å². The van der Waals surface area contributed by atoms with Crippen molar-refractivity contribution in [2.24, 2.45) is 11.6 Å². The topological polar surface area (TPSA) is 72.3 Å². The zero-order valence-electron chi connectivity index (χ0n) is 6.84. The molecule has 0 unspecified atom stereocenters. The molecule has 0 aromatic heterocycles. The first-order chi connectivity index (χ1) is 5.06. The fourth-order valence-electron chi connectivity index (χ4n) is 1.57. The summed E-state index contributed by atoms with van der Waals surface area (Å²) in [6.07, 6.45) is 3.62. The highest BCUT2D eigenvalue weighted by atomic mass is 16.2. The molecular formula is C7H15N3O. The molecule has 4 nitrogen and oxygen atoms in total. The van der Waals surface area contributed by atoms with Crippen LogP contribution in [0.15, 0.2) is 0 Å². The molecule has 64 valence electrons. The van der Waals surface area contributed by atoms with Crippen molar-refractivity contribution in [3.8, 4) is 0 Å².